The summed E-state index contributed by atoms with van der Waals surface area (Å²) in [4.78, 5) is 65.7. The van der Waals surface area contributed by atoms with Gasteiger partial charge >= 0.3 is 11.4 Å². The first-order valence-electron chi connectivity index (χ1n) is 28.1. The minimum Gasteiger partial charge on any atom is -0.414 e. The Labute approximate surface area is 508 Å². The zero-order valence-electron chi connectivity index (χ0n) is 51.5. The van der Waals surface area contributed by atoms with Crippen molar-refractivity contribution >= 4 is 88.4 Å². The molecule has 5 aromatic rings. The quantitative estimate of drug-likeness (QED) is 0.0615. The highest BCUT2D eigenvalue weighted by atomic mass is 32.2. The lowest BCUT2D eigenvalue weighted by Gasteiger charge is -2.43. The first-order valence-corrected chi connectivity index (χ1v) is 38.3. The summed E-state index contributed by atoms with van der Waals surface area (Å²) in [6.07, 6.45) is 2.18. The molecule has 474 valence electrons. The molecule has 0 bridgehead atoms. The number of aliphatic hydroxyl groups is 1. The van der Waals surface area contributed by atoms with Gasteiger partial charge in [0.15, 0.2) is 34.3 Å². The number of rotatable bonds is 14. The van der Waals surface area contributed by atoms with Crippen molar-refractivity contribution in [1.29, 1.82) is 0 Å². The van der Waals surface area contributed by atoms with Crippen LogP contribution in [-0.4, -0.2) is 159 Å². The van der Waals surface area contributed by atoms with E-state index >= 15 is 0 Å². The number of aromatic nitrogens is 6. The molecular weight excluding hydrogens is 1210 g/mol. The van der Waals surface area contributed by atoms with Gasteiger partial charge in [-0.05, 0) is 99.5 Å². The van der Waals surface area contributed by atoms with E-state index in [2.05, 4.69) is 77.6 Å². The van der Waals surface area contributed by atoms with Gasteiger partial charge in [0, 0.05) is 85.8 Å². The van der Waals surface area contributed by atoms with E-state index in [4.69, 9.17) is 39.1 Å². The standard InChI is InChI=1S/C25H45N3O8SSi2.C22H28N6O3S.C8H11N3O3S/c1-16-13-28(22(30)27(8)20(16)29)21-19(35-39(11,12)24(5,6)7)25(17(26)15-37(31,32)36-25)18(34-21)14-33-38(9,10)23(2,3)4;1-15(2)24-19-5-4-8-23-21(19)27-9-11-28(12-10-27)22(29)20-14-16-13-17(26-32(3,30)31)6-7-18(16)25-20;9-5-1-2-11(8(13)10-5)6-4-15-7(3-12)14-6/h13,15,18-19,21H,14,26H2,1-12H3;4-8,13-15,24-26H,9-12H2,1-3H3;1-2,6-7,12H,3-4H2,(H2,9,10,13)/t18-,19+,21-,25?;;6-,7+/m1.0/s1. The Kier molecular flexibility index (Phi) is 20.2. The summed E-state index contributed by atoms with van der Waals surface area (Å²) in [6.45, 7) is 28.8. The summed E-state index contributed by atoms with van der Waals surface area (Å²) in [5.41, 5.74) is 11.3. The van der Waals surface area contributed by atoms with E-state index in [0.29, 0.717) is 54.9 Å². The number of pyridine rings is 1. The highest BCUT2D eigenvalue weighted by Gasteiger charge is 2.67. The van der Waals surface area contributed by atoms with E-state index < -0.39 is 77.8 Å². The van der Waals surface area contributed by atoms with Crippen molar-refractivity contribution in [2.24, 2.45) is 12.8 Å². The predicted octanol–water partition coefficient (Wildman–Crippen LogP) is 5.19. The topological polar surface area (TPSA) is 342 Å². The molecule has 0 aliphatic carbocycles. The van der Waals surface area contributed by atoms with Gasteiger partial charge in [0.2, 0.25) is 10.0 Å². The second-order valence-corrected chi connectivity index (χ2v) is 39.0. The van der Waals surface area contributed by atoms with Crippen molar-refractivity contribution in [2.75, 3.05) is 72.1 Å². The molecular formula is C55H84N12O14S3Si2. The first-order chi connectivity index (χ1) is 39.8. The zero-order valence-corrected chi connectivity index (χ0v) is 56.0. The number of carbonyl (C=O) groups excluding carboxylic acids is 1. The maximum absolute atomic E-state index is 13.4. The lowest BCUT2D eigenvalue weighted by Crippen LogP contribution is -2.59. The fourth-order valence-corrected chi connectivity index (χ4v) is 14.5. The molecule has 1 spiro atoms. The van der Waals surface area contributed by atoms with E-state index in [0.717, 1.165) is 38.6 Å². The number of thioether (sulfide) groups is 1. The third-order valence-corrected chi connectivity index (χ3v) is 27.8. The van der Waals surface area contributed by atoms with E-state index in [9.17, 15) is 36.0 Å². The molecule has 26 nitrogen and oxygen atoms in total. The molecule has 1 unspecified atom stereocenters. The number of hydrogen-bond donors (Lipinski definition) is 6. The molecule has 1 aromatic carbocycles. The van der Waals surface area contributed by atoms with Crippen molar-refractivity contribution in [1.82, 2.24) is 33.6 Å². The molecule has 4 aliphatic heterocycles. The predicted molar refractivity (Wildman–Crippen MR) is 339 cm³/mol. The minimum atomic E-state index is -4.18. The second kappa shape index (κ2) is 25.7. The van der Waals surface area contributed by atoms with Crippen molar-refractivity contribution in [3.8, 4) is 0 Å². The summed E-state index contributed by atoms with van der Waals surface area (Å²) >= 11 is 1.47. The van der Waals surface area contributed by atoms with Gasteiger partial charge in [0.05, 0.1) is 36.3 Å². The van der Waals surface area contributed by atoms with E-state index in [1.807, 2.05) is 50.9 Å². The number of nitrogens with one attached hydrogen (secondary N) is 3. The number of hydrogen-bond acceptors (Lipinski definition) is 21. The summed E-state index contributed by atoms with van der Waals surface area (Å²) in [7, 11) is -11.1. The number of carbonyl (C=O) groups is 1. The van der Waals surface area contributed by atoms with E-state index in [1.165, 1.54) is 34.1 Å². The van der Waals surface area contributed by atoms with Gasteiger partial charge < -0.3 is 55.0 Å². The van der Waals surface area contributed by atoms with Crippen LogP contribution in [0.25, 0.3) is 10.9 Å². The number of nitrogen functional groups attached to an aromatic ring is 1. The number of aryl methyl sites for hydroxylation is 1. The Morgan fingerprint density at radius 3 is 2.21 bits per heavy atom. The molecule has 4 aliphatic rings. The fourth-order valence-electron chi connectivity index (χ4n) is 9.46. The summed E-state index contributed by atoms with van der Waals surface area (Å²) in [5.74, 6) is 1.65. The number of fused-ring (bicyclic) bond motifs is 1. The number of aliphatic hydroxyl groups excluding tert-OH is 1. The molecule has 0 saturated carbocycles. The number of H-pyrrole nitrogens is 1. The number of nitrogens with zero attached hydrogens (tertiary/aromatic N) is 7. The maximum atomic E-state index is 13.4. The summed E-state index contributed by atoms with van der Waals surface area (Å²) in [6, 6.07) is 12.7. The molecule has 31 heteroatoms. The highest BCUT2D eigenvalue weighted by Crippen LogP contribution is 2.52. The van der Waals surface area contributed by atoms with Crippen LogP contribution in [0.1, 0.15) is 83.9 Å². The average molecular weight is 1290 g/mol. The summed E-state index contributed by atoms with van der Waals surface area (Å²) < 4.78 is 85.7. The van der Waals surface area contributed by atoms with Crippen LogP contribution in [0.4, 0.5) is 23.0 Å². The Bertz CT molecular complexity index is 3740. The van der Waals surface area contributed by atoms with Crippen LogP contribution in [0.5, 0.6) is 0 Å². The molecule has 9 rings (SSSR count). The van der Waals surface area contributed by atoms with Gasteiger partial charge in [0.1, 0.15) is 35.4 Å². The molecule has 3 saturated heterocycles. The second-order valence-electron chi connectivity index (χ2n) is 25.1. The minimum absolute atomic E-state index is 0.0338. The summed E-state index contributed by atoms with van der Waals surface area (Å²) in [5, 5.41) is 13.6. The number of sulfonamides is 1. The third-order valence-electron chi connectivity index (χ3n) is 16.1. The zero-order chi connectivity index (χ0) is 63.9. The van der Waals surface area contributed by atoms with Crippen LogP contribution in [0, 0.1) is 6.92 Å². The first kappa shape index (κ1) is 67.6. The van der Waals surface area contributed by atoms with Crippen LogP contribution in [0.3, 0.4) is 0 Å². The highest BCUT2D eigenvalue weighted by molar-refractivity contribution is 8.00. The number of benzene rings is 1. The number of piperazine rings is 1. The number of aromatic amines is 1. The number of ether oxygens (including phenoxy) is 2. The number of anilines is 4. The van der Waals surface area contributed by atoms with Crippen LogP contribution in [0.15, 0.2) is 86.5 Å². The van der Waals surface area contributed by atoms with Gasteiger partial charge in [-0.3, -0.25) is 28.0 Å². The van der Waals surface area contributed by atoms with Gasteiger partial charge in [-0.2, -0.15) is 13.4 Å². The third kappa shape index (κ3) is 15.2. The van der Waals surface area contributed by atoms with E-state index in [-0.39, 0.29) is 52.4 Å². The van der Waals surface area contributed by atoms with Crippen LogP contribution in [-0.2, 0) is 49.7 Å². The molecule has 86 heavy (non-hydrogen) atoms. The molecule has 0 radical (unpaired) electrons. The largest absolute Gasteiger partial charge is 0.414 e. The van der Waals surface area contributed by atoms with Crippen molar-refractivity contribution in [3.05, 3.63) is 115 Å². The lowest BCUT2D eigenvalue weighted by atomic mass is 9.89. The van der Waals surface area contributed by atoms with Crippen molar-refractivity contribution in [3.63, 3.8) is 0 Å². The van der Waals surface area contributed by atoms with Crippen LogP contribution in [0.2, 0.25) is 36.3 Å². The Morgan fingerprint density at radius 1 is 0.977 bits per heavy atom. The molecule has 4 aromatic heterocycles. The molecule has 8 heterocycles. The number of nitrogens with two attached hydrogens (primary N) is 2. The fraction of sp³-hybridized carbons (Fsp3) is 0.564. The Morgan fingerprint density at radius 2 is 1.64 bits per heavy atom. The molecule has 8 N–H and O–H groups in total. The monoisotopic (exact) mass is 1290 g/mol. The van der Waals surface area contributed by atoms with Gasteiger partial charge in [-0.15, -0.1) is 11.8 Å². The Balaban J connectivity index is 0.000000201. The van der Waals surface area contributed by atoms with Gasteiger partial charge in [-0.1, -0.05) is 41.5 Å². The SMILES string of the molecule is CC(C)Nc1cccnc1N1CCN(C(=O)c2cc3cc(NS(C)(=O)=O)ccc3[nH]2)CC1.Cc1cn([C@@H]2O[C@H](CO[Si](C)(C)C(C)(C)C)C3(OS(=O)(=O)C=C3N)[C@H]2O[Si](C)(C)C(C)(C)C)c(=O)n(C)c1=O.Nc1ccn([C@@H]2CS[C@H](CO)O2)c(=O)n1. The molecule has 1 amide bonds. The maximum Gasteiger partial charge on any atom is 0.351 e. The van der Waals surface area contributed by atoms with E-state index in [1.54, 1.807) is 49.6 Å². The van der Waals surface area contributed by atoms with Crippen molar-refractivity contribution in [2.45, 2.75) is 140 Å². The lowest BCUT2D eigenvalue weighted by molar-refractivity contribution is -0.0566. The smallest absolute Gasteiger partial charge is 0.351 e. The van der Waals surface area contributed by atoms with Gasteiger partial charge in [0.25, 0.3) is 21.6 Å². The van der Waals surface area contributed by atoms with Crippen LogP contribution >= 0.6 is 11.8 Å². The molecule has 3 fully saturated rings. The van der Waals surface area contributed by atoms with Crippen molar-refractivity contribution < 1.29 is 49.2 Å². The molecule has 6 atom stereocenters. The normalized spacial score (nSPS) is 22.6. The number of amides is 1. The average Bonchev–Trinajstić information content (AvgIpc) is 1.55. The van der Waals surface area contributed by atoms with Gasteiger partial charge in [-0.25, -0.2) is 27.2 Å². The Hall–Kier alpha value is -5.88. The van der Waals surface area contributed by atoms with Crippen LogP contribution < -0.4 is 43.3 Å².